The van der Waals surface area contributed by atoms with Crippen LogP contribution in [-0.2, 0) is 4.79 Å². The van der Waals surface area contributed by atoms with Crippen molar-refractivity contribution in [3.05, 3.63) is 132 Å². The first-order chi connectivity index (χ1) is 18.7. The molecule has 0 aliphatic carbocycles. The van der Waals surface area contributed by atoms with E-state index in [-0.39, 0.29) is 30.3 Å². The van der Waals surface area contributed by atoms with Crippen LogP contribution in [0.2, 0.25) is 0 Å². The molecule has 1 aliphatic heterocycles. The van der Waals surface area contributed by atoms with Crippen molar-refractivity contribution in [1.82, 2.24) is 15.5 Å². The van der Waals surface area contributed by atoms with E-state index in [0.717, 1.165) is 17.5 Å². The zero-order valence-electron chi connectivity index (χ0n) is 21.4. The Labute approximate surface area is 224 Å². The minimum Gasteiger partial charge on any atom is -0.350 e. The first-order valence-corrected chi connectivity index (χ1v) is 13.2. The molecule has 0 saturated carbocycles. The number of hydrogen-bond donors (Lipinski definition) is 2. The number of nitrogens with one attached hydrogen (secondary N) is 2. The molecule has 1 aliphatic rings. The standard InChI is InChI=1S/C33H33N3O2/c37-32-23-34-30(22-35-33(38)29-18-16-26(17-19-29)25-10-4-1-5-11-25)20-21-36(32)24-31(27-12-6-2-7-13-27)28-14-8-3-9-15-28/h1-19,30-31,34H,20-24H2,(H,35,38). The van der Waals surface area contributed by atoms with Crippen LogP contribution >= 0.6 is 0 Å². The summed E-state index contributed by atoms with van der Waals surface area (Å²) in [5, 5.41) is 6.39. The second kappa shape index (κ2) is 12.3. The van der Waals surface area contributed by atoms with Crippen LogP contribution in [0.1, 0.15) is 33.8 Å². The molecular weight excluding hydrogens is 470 g/mol. The van der Waals surface area contributed by atoms with Gasteiger partial charge in [0.25, 0.3) is 5.91 Å². The van der Waals surface area contributed by atoms with Crippen LogP contribution in [0.4, 0.5) is 0 Å². The van der Waals surface area contributed by atoms with Gasteiger partial charge in [0.05, 0.1) is 6.54 Å². The molecule has 2 amide bonds. The van der Waals surface area contributed by atoms with E-state index in [4.69, 9.17) is 0 Å². The van der Waals surface area contributed by atoms with Crippen LogP contribution < -0.4 is 10.6 Å². The Bertz CT molecular complexity index is 1290. The number of carbonyl (C=O) groups is 2. The lowest BCUT2D eigenvalue weighted by Gasteiger charge is -2.27. The largest absolute Gasteiger partial charge is 0.350 e. The summed E-state index contributed by atoms with van der Waals surface area (Å²) in [6.07, 6.45) is 0.773. The van der Waals surface area contributed by atoms with E-state index < -0.39 is 0 Å². The van der Waals surface area contributed by atoms with E-state index >= 15 is 0 Å². The van der Waals surface area contributed by atoms with Crippen LogP contribution in [0, 0.1) is 0 Å². The molecule has 1 unspecified atom stereocenters. The van der Waals surface area contributed by atoms with Gasteiger partial charge in [-0.2, -0.15) is 0 Å². The monoisotopic (exact) mass is 503 g/mol. The molecule has 38 heavy (non-hydrogen) atoms. The van der Waals surface area contributed by atoms with Crippen molar-refractivity contribution in [2.45, 2.75) is 18.4 Å². The van der Waals surface area contributed by atoms with Crippen molar-refractivity contribution >= 4 is 11.8 Å². The van der Waals surface area contributed by atoms with Gasteiger partial charge in [-0.1, -0.05) is 103 Å². The Balaban J connectivity index is 1.18. The molecule has 4 aromatic rings. The summed E-state index contributed by atoms with van der Waals surface area (Å²) in [6.45, 7) is 2.01. The molecule has 192 valence electrons. The summed E-state index contributed by atoms with van der Waals surface area (Å²) < 4.78 is 0. The molecule has 5 nitrogen and oxygen atoms in total. The highest BCUT2D eigenvalue weighted by Crippen LogP contribution is 2.26. The second-order valence-electron chi connectivity index (χ2n) is 9.73. The number of nitrogens with zero attached hydrogens (tertiary/aromatic N) is 1. The van der Waals surface area contributed by atoms with Gasteiger partial charge in [0.15, 0.2) is 0 Å². The van der Waals surface area contributed by atoms with Crippen molar-refractivity contribution in [1.29, 1.82) is 0 Å². The maximum atomic E-state index is 13.0. The number of amides is 2. The maximum absolute atomic E-state index is 13.0. The summed E-state index contributed by atoms with van der Waals surface area (Å²) in [5.41, 5.74) is 5.23. The van der Waals surface area contributed by atoms with Crippen molar-refractivity contribution in [2.75, 3.05) is 26.2 Å². The Hall–Kier alpha value is -4.22. The molecule has 2 N–H and O–H groups in total. The third-order valence-corrected chi connectivity index (χ3v) is 7.21. The lowest BCUT2D eigenvalue weighted by atomic mass is 9.90. The van der Waals surface area contributed by atoms with Gasteiger partial charge in [-0.05, 0) is 40.8 Å². The summed E-state index contributed by atoms with van der Waals surface area (Å²) >= 11 is 0. The molecule has 5 rings (SSSR count). The van der Waals surface area contributed by atoms with Crippen LogP contribution in [0.15, 0.2) is 115 Å². The lowest BCUT2D eigenvalue weighted by Crippen LogP contribution is -2.42. The lowest BCUT2D eigenvalue weighted by molar-refractivity contribution is -0.129. The quantitative estimate of drug-likeness (QED) is 0.352. The number of carbonyl (C=O) groups excluding carboxylic acids is 2. The average molecular weight is 504 g/mol. The van der Waals surface area contributed by atoms with Crippen LogP contribution in [0.25, 0.3) is 11.1 Å². The highest BCUT2D eigenvalue weighted by Gasteiger charge is 2.26. The highest BCUT2D eigenvalue weighted by atomic mass is 16.2. The van der Waals surface area contributed by atoms with Gasteiger partial charge in [-0.15, -0.1) is 0 Å². The third kappa shape index (κ3) is 6.36. The van der Waals surface area contributed by atoms with Crippen molar-refractivity contribution in [3.8, 4) is 11.1 Å². The summed E-state index contributed by atoms with van der Waals surface area (Å²) in [4.78, 5) is 27.8. The van der Waals surface area contributed by atoms with E-state index in [1.165, 1.54) is 11.1 Å². The molecular formula is C33H33N3O2. The molecule has 5 heteroatoms. The molecule has 0 aromatic heterocycles. The minimum absolute atomic E-state index is 0.0309. The fourth-order valence-corrected chi connectivity index (χ4v) is 5.01. The maximum Gasteiger partial charge on any atom is 0.251 e. The second-order valence-corrected chi connectivity index (χ2v) is 9.73. The SMILES string of the molecule is O=C(NCC1CCN(CC(c2ccccc2)c2ccccc2)C(=O)CN1)c1ccc(-c2ccccc2)cc1. The summed E-state index contributed by atoms with van der Waals surface area (Å²) in [5.74, 6) is 0.0933. The highest BCUT2D eigenvalue weighted by molar-refractivity contribution is 5.94. The van der Waals surface area contributed by atoms with Crippen LogP contribution in [0.3, 0.4) is 0 Å². The van der Waals surface area contributed by atoms with Crippen molar-refractivity contribution in [2.24, 2.45) is 0 Å². The van der Waals surface area contributed by atoms with Gasteiger partial charge in [-0.3, -0.25) is 9.59 Å². The first-order valence-electron chi connectivity index (χ1n) is 13.2. The smallest absolute Gasteiger partial charge is 0.251 e. The van der Waals surface area contributed by atoms with E-state index in [1.807, 2.05) is 83.8 Å². The van der Waals surface area contributed by atoms with Crippen LogP contribution in [-0.4, -0.2) is 48.9 Å². The van der Waals surface area contributed by atoms with E-state index in [0.29, 0.717) is 25.2 Å². The van der Waals surface area contributed by atoms with Gasteiger partial charge < -0.3 is 15.5 Å². The summed E-state index contributed by atoms with van der Waals surface area (Å²) in [6, 6.07) is 38.5. The molecule has 0 spiro atoms. The number of benzene rings is 4. The first kappa shape index (κ1) is 25.4. The van der Waals surface area contributed by atoms with Crippen molar-refractivity contribution in [3.63, 3.8) is 0 Å². The van der Waals surface area contributed by atoms with E-state index in [2.05, 4.69) is 47.0 Å². The predicted molar refractivity (Wildman–Crippen MR) is 152 cm³/mol. The topological polar surface area (TPSA) is 61.4 Å². The van der Waals surface area contributed by atoms with Gasteiger partial charge in [0.1, 0.15) is 0 Å². The minimum atomic E-state index is -0.105. The molecule has 1 atom stereocenters. The summed E-state index contributed by atoms with van der Waals surface area (Å²) in [7, 11) is 0. The molecule has 0 radical (unpaired) electrons. The molecule has 1 heterocycles. The molecule has 1 saturated heterocycles. The average Bonchev–Trinajstić information content (AvgIpc) is 3.16. The Morgan fingerprint density at radius 3 is 1.95 bits per heavy atom. The molecule has 4 aromatic carbocycles. The fourth-order valence-electron chi connectivity index (χ4n) is 5.01. The van der Waals surface area contributed by atoms with Gasteiger partial charge in [-0.25, -0.2) is 0 Å². The van der Waals surface area contributed by atoms with Crippen molar-refractivity contribution < 1.29 is 9.59 Å². The third-order valence-electron chi connectivity index (χ3n) is 7.21. The fraction of sp³-hybridized carbons (Fsp3) is 0.212. The number of rotatable bonds is 8. The molecule has 0 bridgehead atoms. The normalized spacial score (nSPS) is 15.8. The zero-order valence-corrected chi connectivity index (χ0v) is 21.4. The number of hydrogen-bond acceptors (Lipinski definition) is 3. The Morgan fingerprint density at radius 2 is 1.34 bits per heavy atom. The van der Waals surface area contributed by atoms with Gasteiger partial charge >= 0.3 is 0 Å². The predicted octanol–water partition coefficient (Wildman–Crippen LogP) is 5.11. The molecule has 1 fully saturated rings. The van der Waals surface area contributed by atoms with Crippen LogP contribution in [0.5, 0.6) is 0 Å². The van der Waals surface area contributed by atoms with Gasteiger partial charge in [0.2, 0.25) is 5.91 Å². The zero-order chi connectivity index (χ0) is 26.2. The van der Waals surface area contributed by atoms with Gasteiger partial charge in [0, 0.05) is 37.2 Å². The Kier molecular flexibility index (Phi) is 8.26. The Morgan fingerprint density at radius 1 is 0.789 bits per heavy atom. The van der Waals surface area contributed by atoms with E-state index in [9.17, 15) is 9.59 Å². The van der Waals surface area contributed by atoms with E-state index in [1.54, 1.807) is 0 Å².